The van der Waals surface area contributed by atoms with Gasteiger partial charge in [-0.1, -0.05) is 0 Å². The monoisotopic (exact) mass is 268 g/mol. The highest BCUT2D eigenvalue weighted by atomic mass is 16.2. The van der Waals surface area contributed by atoms with Crippen LogP contribution in [0, 0.1) is 6.92 Å². The minimum atomic E-state index is -0.301. The molecular weight excluding hydrogens is 256 g/mol. The van der Waals surface area contributed by atoms with Crippen LogP contribution in [0.25, 0.3) is 5.65 Å². The van der Waals surface area contributed by atoms with Gasteiger partial charge in [0.2, 0.25) is 0 Å². The Balaban J connectivity index is 1.97. The maximum absolute atomic E-state index is 12.3. The van der Waals surface area contributed by atoms with Gasteiger partial charge < -0.3 is 11.1 Å². The van der Waals surface area contributed by atoms with Gasteiger partial charge in [0.15, 0.2) is 11.3 Å². The van der Waals surface area contributed by atoms with E-state index in [-0.39, 0.29) is 5.91 Å². The number of amides is 1. The summed E-state index contributed by atoms with van der Waals surface area (Å²) in [4.78, 5) is 20.4. The normalized spacial score (nSPS) is 10.7. The maximum atomic E-state index is 12.3. The zero-order chi connectivity index (χ0) is 14.1. The van der Waals surface area contributed by atoms with E-state index in [1.807, 2.05) is 6.92 Å². The minimum absolute atomic E-state index is 0.301. The third-order valence-electron chi connectivity index (χ3n) is 2.88. The summed E-state index contributed by atoms with van der Waals surface area (Å²) < 4.78 is 1.42. The zero-order valence-corrected chi connectivity index (χ0v) is 10.7. The molecule has 7 heteroatoms. The van der Waals surface area contributed by atoms with Crippen LogP contribution in [0.4, 0.5) is 11.5 Å². The predicted molar refractivity (Wildman–Crippen MR) is 74.3 cm³/mol. The maximum Gasteiger partial charge on any atom is 0.276 e. The number of nitrogens with zero attached hydrogens (tertiary/aromatic N) is 4. The molecule has 0 aliphatic heterocycles. The molecule has 0 bridgehead atoms. The number of aryl methyl sites for hydroxylation is 1. The molecule has 3 heterocycles. The topological polar surface area (TPSA) is 98.2 Å². The van der Waals surface area contributed by atoms with Crippen molar-refractivity contribution < 1.29 is 4.79 Å². The largest absolute Gasteiger partial charge is 0.382 e. The number of hydrogen-bond acceptors (Lipinski definition) is 5. The number of nitrogen functional groups attached to an aromatic ring is 1. The van der Waals surface area contributed by atoms with Crippen LogP contribution < -0.4 is 11.1 Å². The van der Waals surface area contributed by atoms with E-state index in [0.717, 1.165) is 5.56 Å². The number of aromatic nitrogens is 4. The standard InChI is InChI=1S/C13H12N6O/c1-8-6-15-5-4-9(8)17-13(20)10-7-16-12-3-2-11(14)18-19(10)12/h2-7H,1H3,(H2,14,18)(H,15,17,20). The summed E-state index contributed by atoms with van der Waals surface area (Å²) >= 11 is 0. The van der Waals surface area contributed by atoms with Gasteiger partial charge in [-0.3, -0.25) is 9.78 Å². The molecule has 3 rings (SSSR count). The second-order valence-corrected chi connectivity index (χ2v) is 4.32. The summed E-state index contributed by atoms with van der Waals surface area (Å²) in [7, 11) is 0. The second kappa shape index (κ2) is 4.61. The molecule has 0 saturated carbocycles. The lowest BCUT2D eigenvalue weighted by Gasteiger charge is -2.07. The molecular formula is C13H12N6O. The van der Waals surface area contributed by atoms with Crippen molar-refractivity contribution in [2.24, 2.45) is 0 Å². The fourth-order valence-corrected chi connectivity index (χ4v) is 1.84. The number of carbonyl (C=O) groups excluding carboxylic acids is 1. The Bertz CT molecular complexity index is 794. The first-order valence-electron chi connectivity index (χ1n) is 5.97. The van der Waals surface area contributed by atoms with E-state index < -0.39 is 0 Å². The molecule has 0 aliphatic carbocycles. The summed E-state index contributed by atoms with van der Waals surface area (Å²) in [6.45, 7) is 1.87. The highest BCUT2D eigenvalue weighted by Gasteiger charge is 2.14. The second-order valence-electron chi connectivity index (χ2n) is 4.32. The predicted octanol–water partition coefficient (Wildman–Crippen LogP) is 1.27. The van der Waals surface area contributed by atoms with Crippen LogP contribution in [0.2, 0.25) is 0 Å². The molecule has 1 amide bonds. The molecule has 100 valence electrons. The molecule has 0 aliphatic rings. The van der Waals surface area contributed by atoms with Crippen LogP contribution in [-0.2, 0) is 0 Å². The molecule has 0 radical (unpaired) electrons. The summed E-state index contributed by atoms with van der Waals surface area (Å²) in [6.07, 6.45) is 4.77. The van der Waals surface area contributed by atoms with E-state index in [1.54, 1.807) is 30.6 Å². The van der Waals surface area contributed by atoms with Crippen molar-refractivity contribution >= 4 is 23.1 Å². The smallest absolute Gasteiger partial charge is 0.276 e. The van der Waals surface area contributed by atoms with Crippen LogP contribution in [0.15, 0.2) is 36.8 Å². The molecule has 0 saturated heterocycles. The van der Waals surface area contributed by atoms with Crippen LogP contribution in [-0.4, -0.2) is 25.5 Å². The van der Waals surface area contributed by atoms with Gasteiger partial charge in [0.25, 0.3) is 5.91 Å². The van der Waals surface area contributed by atoms with Gasteiger partial charge in [-0.25, -0.2) is 9.50 Å². The number of pyridine rings is 1. The lowest BCUT2D eigenvalue weighted by molar-refractivity contribution is 0.102. The number of imidazole rings is 1. The molecule has 0 atom stereocenters. The fraction of sp³-hybridized carbons (Fsp3) is 0.0769. The van der Waals surface area contributed by atoms with Crippen molar-refractivity contribution in [3.63, 3.8) is 0 Å². The van der Waals surface area contributed by atoms with E-state index in [1.165, 1.54) is 10.7 Å². The number of fused-ring (bicyclic) bond motifs is 1. The Morgan fingerprint density at radius 1 is 1.30 bits per heavy atom. The highest BCUT2D eigenvalue weighted by molar-refractivity contribution is 6.03. The fourth-order valence-electron chi connectivity index (χ4n) is 1.84. The lowest BCUT2D eigenvalue weighted by Crippen LogP contribution is -2.16. The zero-order valence-electron chi connectivity index (χ0n) is 10.7. The average molecular weight is 268 g/mol. The van der Waals surface area contributed by atoms with E-state index >= 15 is 0 Å². The average Bonchev–Trinajstić information content (AvgIpc) is 2.84. The van der Waals surface area contributed by atoms with Crippen molar-refractivity contribution in [1.82, 2.24) is 19.6 Å². The Kier molecular flexibility index (Phi) is 2.79. The minimum Gasteiger partial charge on any atom is -0.382 e. The number of carbonyl (C=O) groups is 1. The first kappa shape index (κ1) is 12.1. The lowest BCUT2D eigenvalue weighted by atomic mass is 10.2. The van der Waals surface area contributed by atoms with E-state index in [4.69, 9.17) is 5.73 Å². The first-order chi connectivity index (χ1) is 9.65. The number of nitrogens with one attached hydrogen (secondary N) is 1. The third-order valence-corrected chi connectivity index (χ3v) is 2.88. The van der Waals surface area contributed by atoms with Gasteiger partial charge in [-0.2, -0.15) is 0 Å². The van der Waals surface area contributed by atoms with Crippen LogP contribution >= 0.6 is 0 Å². The SMILES string of the molecule is Cc1cnccc1NC(=O)c1cnc2ccc(N)nn12. The van der Waals surface area contributed by atoms with E-state index in [0.29, 0.717) is 22.8 Å². The van der Waals surface area contributed by atoms with Crippen LogP contribution in [0.5, 0.6) is 0 Å². The third kappa shape index (κ3) is 2.05. The molecule has 3 aromatic heterocycles. The van der Waals surface area contributed by atoms with Crippen molar-refractivity contribution in [3.8, 4) is 0 Å². The summed E-state index contributed by atoms with van der Waals surface area (Å²) in [5, 5.41) is 6.88. The summed E-state index contributed by atoms with van der Waals surface area (Å²) in [6, 6.07) is 5.08. The Hall–Kier alpha value is -2.96. The number of rotatable bonds is 2. The van der Waals surface area contributed by atoms with Gasteiger partial charge in [0, 0.05) is 18.1 Å². The molecule has 20 heavy (non-hydrogen) atoms. The molecule has 0 unspecified atom stereocenters. The number of anilines is 2. The van der Waals surface area contributed by atoms with Crippen LogP contribution in [0.3, 0.4) is 0 Å². The number of nitrogens with two attached hydrogens (primary N) is 1. The van der Waals surface area contributed by atoms with Crippen molar-refractivity contribution in [1.29, 1.82) is 0 Å². The van der Waals surface area contributed by atoms with Gasteiger partial charge in [0.05, 0.1) is 6.20 Å². The Labute approximate surface area is 114 Å². The van der Waals surface area contributed by atoms with Gasteiger partial charge >= 0.3 is 0 Å². The van der Waals surface area contributed by atoms with Crippen molar-refractivity contribution in [3.05, 3.63) is 48.0 Å². The molecule has 0 aromatic carbocycles. The summed E-state index contributed by atoms with van der Waals surface area (Å²) in [5.74, 6) is 0.0227. The van der Waals surface area contributed by atoms with E-state index in [9.17, 15) is 4.79 Å². The Morgan fingerprint density at radius 3 is 2.95 bits per heavy atom. The molecule has 0 fully saturated rings. The van der Waals surface area contributed by atoms with Gasteiger partial charge in [-0.05, 0) is 30.7 Å². The number of hydrogen-bond donors (Lipinski definition) is 2. The first-order valence-corrected chi connectivity index (χ1v) is 5.97. The molecule has 0 spiro atoms. The van der Waals surface area contributed by atoms with Crippen molar-refractivity contribution in [2.75, 3.05) is 11.1 Å². The molecule has 7 nitrogen and oxygen atoms in total. The van der Waals surface area contributed by atoms with Gasteiger partial charge in [-0.15, -0.1) is 5.10 Å². The Morgan fingerprint density at radius 2 is 2.15 bits per heavy atom. The quantitative estimate of drug-likeness (QED) is 0.729. The van der Waals surface area contributed by atoms with Crippen molar-refractivity contribution in [2.45, 2.75) is 6.92 Å². The van der Waals surface area contributed by atoms with E-state index in [2.05, 4.69) is 20.4 Å². The molecule has 3 N–H and O–H groups in total. The van der Waals surface area contributed by atoms with Crippen LogP contribution in [0.1, 0.15) is 16.1 Å². The summed E-state index contributed by atoms with van der Waals surface area (Å²) in [5.41, 5.74) is 8.09. The molecule has 3 aromatic rings. The highest BCUT2D eigenvalue weighted by Crippen LogP contribution is 2.14. The van der Waals surface area contributed by atoms with Gasteiger partial charge in [0.1, 0.15) is 5.82 Å².